The van der Waals surface area contributed by atoms with Crippen molar-refractivity contribution in [2.24, 2.45) is 0 Å². The molecule has 16 heavy (non-hydrogen) atoms. The number of rotatable bonds is 3. The predicted molar refractivity (Wildman–Crippen MR) is 61.4 cm³/mol. The fourth-order valence-corrected chi connectivity index (χ4v) is 2.06. The van der Waals surface area contributed by atoms with Crippen LogP contribution in [0.3, 0.4) is 0 Å². The SMILES string of the molecule is Cc1cc(C(C)(C)CC(=O)O)c(Cl)cc1F. The van der Waals surface area contributed by atoms with Crippen LogP contribution < -0.4 is 0 Å². The Hall–Kier alpha value is -1.09. The maximum Gasteiger partial charge on any atom is 0.304 e. The lowest BCUT2D eigenvalue weighted by atomic mass is 9.81. The molecule has 0 bridgehead atoms. The number of carboxylic acid groups (broad SMARTS) is 1. The fourth-order valence-electron chi connectivity index (χ4n) is 1.65. The molecule has 0 heterocycles. The summed E-state index contributed by atoms with van der Waals surface area (Å²) in [4.78, 5) is 10.7. The van der Waals surface area contributed by atoms with Gasteiger partial charge in [-0.05, 0) is 24.1 Å². The van der Waals surface area contributed by atoms with Gasteiger partial charge >= 0.3 is 5.97 Å². The Morgan fingerprint density at radius 3 is 2.56 bits per heavy atom. The summed E-state index contributed by atoms with van der Waals surface area (Å²) in [5, 5.41) is 9.08. The van der Waals surface area contributed by atoms with E-state index in [2.05, 4.69) is 0 Å². The smallest absolute Gasteiger partial charge is 0.304 e. The van der Waals surface area contributed by atoms with E-state index in [0.29, 0.717) is 11.1 Å². The fraction of sp³-hybridized carbons (Fsp3) is 0.417. The molecular formula is C12H14ClFO2. The van der Waals surface area contributed by atoms with E-state index < -0.39 is 11.4 Å². The minimum Gasteiger partial charge on any atom is -0.481 e. The van der Waals surface area contributed by atoms with E-state index in [1.807, 2.05) is 0 Å². The Kier molecular flexibility index (Phi) is 3.58. The zero-order chi connectivity index (χ0) is 12.5. The summed E-state index contributed by atoms with van der Waals surface area (Å²) in [7, 11) is 0. The summed E-state index contributed by atoms with van der Waals surface area (Å²) in [5.74, 6) is -1.28. The van der Waals surface area contributed by atoms with E-state index in [1.54, 1.807) is 26.8 Å². The second-order valence-corrected chi connectivity index (χ2v) is 4.94. The van der Waals surface area contributed by atoms with Crippen molar-refractivity contribution < 1.29 is 14.3 Å². The highest BCUT2D eigenvalue weighted by atomic mass is 35.5. The minimum atomic E-state index is -0.900. The molecule has 0 amide bonds. The van der Waals surface area contributed by atoms with Gasteiger partial charge in [0.15, 0.2) is 0 Å². The van der Waals surface area contributed by atoms with E-state index in [4.69, 9.17) is 16.7 Å². The molecule has 0 aliphatic rings. The molecule has 0 radical (unpaired) electrons. The van der Waals surface area contributed by atoms with Gasteiger partial charge in [-0.2, -0.15) is 0 Å². The zero-order valence-electron chi connectivity index (χ0n) is 9.47. The standard InChI is InChI=1S/C12H14ClFO2/c1-7-4-8(9(13)5-10(7)14)12(2,3)6-11(15)16/h4-5H,6H2,1-3H3,(H,15,16). The van der Waals surface area contributed by atoms with Crippen LogP contribution in [0.2, 0.25) is 5.02 Å². The van der Waals surface area contributed by atoms with Crippen LogP contribution in [0.15, 0.2) is 12.1 Å². The zero-order valence-corrected chi connectivity index (χ0v) is 10.2. The van der Waals surface area contributed by atoms with Crippen LogP contribution in [0.25, 0.3) is 0 Å². The second kappa shape index (κ2) is 4.42. The molecule has 0 aliphatic carbocycles. The molecule has 2 nitrogen and oxygen atoms in total. The third-order valence-electron chi connectivity index (χ3n) is 2.57. The first-order valence-electron chi connectivity index (χ1n) is 4.92. The lowest BCUT2D eigenvalue weighted by Gasteiger charge is -2.24. The van der Waals surface area contributed by atoms with Crippen molar-refractivity contribution in [3.8, 4) is 0 Å². The monoisotopic (exact) mass is 244 g/mol. The number of hydrogen-bond donors (Lipinski definition) is 1. The quantitative estimate of drug-likeness (QED) is 0.883. The molecule has 0 unspecified atom stereocenters. The van der Waals surface area contributed by atoms with Crippen LogP contribution in [0, 0.1) is 12.7 Å². The summed E-state index contributed by atoms with van der Waals surface area (Å²) in [6, 6.07) is 2.84. The van der Waals surface area contributed by atoms with Crippen LogP contribution in [0.5, 0.6) is 0 Å². The van der Waals surface area contributed by atoms with Gasteiger partial charge in [0.25, 0.3) is 0 Å². The van der Waals surface area contributed by atoms with Gasteiger partial charge in [0.1, 0.15) is 5.82 Å². The maximum atomic E-state index is 13.2. The van der Waals surface area contributed by atoms with Crippen molar-refractivity contribution in [2.75, 3.05) is 0 Å². The van der Waals surface area contributed by atoms with Crippen molar-refractivity contribution in [1.29, 1.82) is 0 Å². The Morgan fingerprint density at radius 2 is 2.06 bits per heavy atom. The lowest BCUT2D eigenvalue weighted by molar-refractivity contribution is -0.138. The van der Waals surface area contributed by atoms with Gasteiger partial charge in [0.2, 0.25) is 0 Å². The summed E-state index contributed by atoms with van der Waals surface area (Å²) in [6.45, 7) is 5.19. The molecule has 0 atom stereocenters. The van der Waals surface area contributed by atoms with Crippen molar-refractivity contribution in [2.45, 2.75) is 32.6 Å². The van der Waals surface area contributed by atoms with E-state index >= 15 is 0 Å². The van der Waals surface area contributed by atoms with Gasteiger partial charge < -0.3 is 5.11 Å². The highest BCUT2D eigenvalue weighted by molar-refractivity contribution is 6.31. The average Bonchev–Trinajstić information content (AvgIpc) is 2.08. The second-order valence-electron chi connectivity index (χ2n) is 4.54. The highest BCUT2D eigenvalue weighted by Gasteiger charge is 2.27. The van der Waals surface area contributed by atoms with Gasteiger partial charge in [0.05, 0.1) is 6.42 Å². The predicted octanol–water partition coefficient (Wildman–Crippen LogP) is 3.54. The van der Waals surface area contributed by atoms with E-state index in [1.165, 1.54) is 6.07 Å². The molecule has 0 spiro atoms. The Labute approximate surface area is 99.0 Å². The number of carbonyl (C=O) groups is 1. The summed E-state index contributed by atoms with van der Waals surface area (Å²) < 4.78 is 13.2. The van der Waals surface area contributed by atoms with Crippen molar-refractivity contribution in [1.82, 2.24) is 0 Å². The van der Waals surface area contributed by atoms with Gasteiger partial charge in [-0.1, -0.05) is 31.5 Å². The number of aryl methyl sites for hydroxylation is 1. The van der Waals surface area contributed by atoms with E-state index in [0.717, 1.165) is 0 Å². The van der Waals surface area contributed by atoms with Crippen LogP contribution >= 0.6 is 11.6 Å². The van der Waals surface area contributed by atoms with Crippen LogP contribution in [-0.2, 0) is 10.2 Å². The Balaban J connectivity index is 3.22. The first-order chi connectivity index (χ1) is 7.24. The molecule has 0 saturated heterocycles. The molecule has 0 aliphatic heterocycles. The minimum absolute atomic E-state index is 0.0439. The maximum absolute atomic E-state index is 13.2. The number of aliphatic carboxylic acids is 1. The Bertz CT molecular complexity index is 427. The number of hydrogen-bond acceptors (Lipinski definition) is 1. The topological polar surface area (TPSA) is 37.3 Å². The molecule has 1 rings (SSSR count). The molecule has 1 N–H and O–H groups in total. The van der Waals surface area contributed by atoms with E-state index in [9.17, 15) is 9.18 Å². The van der Waals surface area contributed by atoms with E-state index in [-0.39, 0.29) is 17.3 Å². The molecule has 1 aromatic carbocycles. The summed E-state index contributed by atoms with van der Waals surface area (Å²) in [6.07, 6.45) is -0.0439. The largest absolute Gasteiger partial charge is 0.481 e. The first-order valence-corrected chi connectivity index (χ1v) is 5.30. The number of halogens is 2. The average molecular weight is 245 g/mol. The third kappa shape index (κ3) is 2.73. The highest BCUT2D eigenvalue weighted by Crippen LogP contribution is 2.34. The molecule has 0 aromatic heterocycles. The van der Waals surface area contributed by atoms with Gasteiger partial charge in [-0.3, -0.25) is 4.79 Å². The lowest BCUT2D eigenvalue weighted by Crippen LogP contribution is -2.22. The molecule has 0 saturated carbocycles. The van der Waals surface area contributed by atoms with Crippen LogP contribution in [0.4, 0.5) is 4.39 Å². The van der Waals surface area contributed by atoms with Crippen molar-refractivity contribution in [3.63, 3.8) is 0 Å². The van der Waals surface area contributed by atoms with Crippen molar-refractivity contribution >= 4 is 17.6 Å². The Morgan fingerprint density at radius 1 is 1.50 bits per heavy atom. The van der Waals surface area contributed by atoms with Crippen molar-refractivity contribution in [3.05, 3.63) is 34.1 Å². The number of benzene rings is 1. The molecular weight excluding hydrogens is 231 g/mol. The number of carboxylic acids is 1. The van der Waals surface area contributed by atoms with Gasteiger partial charge in [0, 0.05) is 10.4 Å². The first kappa shape index (κ1) is 13.0. The molecule has 1 aromatic rings. The third-order valence-corrected chi connectivity index (χ3v) is 2.88. The van der Waals surface area contributed by atoms with Crippen LogP contribution in [-0.4, -0.2) is 11.1 Å². The summed E-state index contributed by atoms with van der Waals surface area (Å²) in [5.41, 5.74) is 0.523. The summed E-state index contributed by atoms with van der Waals surface area (Å²) >= 11 is 5.94. The van der Waals surface area contributed by atoms with Gasteiger partial charge in [-0.15, -0.1) is 0 Å². The molecule has 4 heteroatoms. The molecule has 88 valence electrons. The normalized spacial score (nSPS) is 11.6. The van der Waals surface area contributed by atoms with Gasteiger partial charge in [-0.25, -0.2) is 4.39 Å². The van der Waals surface area contributed by atoms with Crippen LogP contribution in [0.1, 0.15) is 31.4 Å². The molecule has 0 fully saturated rings.